The lowest BCUT2D eigenvalue weighted by Gasteiger charge is -2.37. The number of amides is 2. The van der Waals surface area contributed by atoms with E-state index in [1.165, 1.54) is 6.92 Å². The van der Waals surface area contributed by atoms with Gasteiger partial charge in [-0.05, 0) is 36.9 Å². The minimum absolute atomic E-state index is 0.0371. The minimum atomic E-state index is -1.03. The van der Waals surface area contributed by atoms with Crippen molar-refractivity contribution in [2.24, 2.45) is 18.4 Å². The second-order valence-electron chi connectivity index (χ2n) is 11.9. The molecule has 0 fully saturated rings. The second-order valence-corrected chi connectivity index (χ2v) is 11.9. The van der Waals surface area contributed by atoms with Gasteiger partial charge in [-0.25, -0.2) is 4.79 Å². The average Bonchev–Trinajstić information content (AvgIpc) is 3.13. The molecule has 0 spiro atoms. The molecule has 4 N–H and O–H groups in total. The van der Waals surface area contributed by atoms with Crippen molar-refractivity contribution in [1.82, 2.24) is 20.5 Å². The van der Waals surface area contributed by atoms with Crippen molar-refractivity contribution in [3.05, 3.63) is 47.7 Å². The second kappa shape index (κ2) is 11.5. The van der Waals surface area contributed by atoms with Crippen LogP contribution in [-0.4, -0.2) is 52.6 Å². The zero-order valence-electron chi connectivity index (χ0n) is 23.9. The van der Waals surface area contributed by atoms with Crippen molar-refractivity contribution < 1.29 is 19.5 Å². The summed E-state index contributed by atoms with van der Waals surface area (Å²) in [5.74, 6) is -1.71. The maximum Gasteiger partial charge on any atom is 0.331 e. The molecule has 1 aromatic heterocycles. The first-order valence-corrected chi connectivity index (χ1v) is 12.8. The molecule has 0 aliphatic heterocycles. The number of carbonyl (C=O) groups is 3. The number of aryl methyl sites for hydroxylation is 1. The van der Waals surface area contributed by atoms with Gasteiger partial charge in [-0.2, -0.15) is 0 Å². The van der Waals surface area contributed by atoms with E-state index in [2.05, 4.69) is 38.8 Å². The standard InChI is InChI=1S/C29H44N4O4/c1-17(2)21(15-18(3)27(36)37)31-25(34)23(28(4,5)6)32-26(35)24(30-9)29(7,8)20-16-33(10)22-14-12-11-13-19(20)22/h11-17,21,23-24,30H,1-10H3,(H,31,34)(H,32,35)(H,36,37)/t21-,23-,24?/m1/s1. The van der Waals surface area contributed by atoms with Crippen LogP contribution in [0.2, 0.25) is 0 Å². The van der Waals surface area contributed by atoms with Crippen molar-refractivity contribution in [1.29, 1.82) is 0 Å². The van der Waals surface area contributed by atoms with Crippen molar-refractivity contribution in [2.75, 3.05) is 7.05 Å². The lowest BCUT2D eigenvalue weighted by atomic mass is 9.76. The van der Waals surface area contributed by atoms with Crippen LogP contribution >= 0.6 is 0 Å². The lowest BCUT2D eigenvalue weighted by Crippen LogP contribution is -2.61. The third-order valence-electron chi connectivity index (χ3n) is 7.07. The third-order valence-corrected chi connectivity index (χ3v) is 7.07. The molecule has 0 saturated carbocycles. The number of likely N-dealkylation sites (N-methyl/N-ethyl adjacent to an activating group) is 1. The molecule has 8 nitrogen and oxygen atoms in total. The van der Waals surface area contributed by atoms with Gasteiger partial charge in [-0.15, -0.1) is 0 Å². The molecule has 0 aliphatic rings. The average molecular weight is 513 g/mol. The predicted molar refractivity (Wildman–Crippen MR) is 148 cm³/mol. The number of nitrogens with zero attached hydrogens (tertiary/aromatic N) is 1. The molecule has 2 amide bonds. The Morgan fingerprint density at radius 3 is 2.05 bits per heavy atom. The van der Waals surface area contributed by atoms with Crippen LogP contribution in [0.15, 0.2) is 42.1 Å². The van der Waals surface area contributed by atoms with E-state index in [0.29, 0.717) is 0 Å². The van der Waals surface area contributed by atoms with Crippen LogP contribution in [0.4, 0.5) is 0 Å². The molecular formula is C29H44N4O4. The molecule has 37 heavy (non-hydrogen) atoms. The van der Waals surface area contributed by atoms with E-state index in [1.54, 1.807) is 13.1 Å². The lowest BCUT2D eigenvalue weighted by molar-refractivity contribution is -0.133. The minimum Gasteiger partial charge on any atom is -0.478 e. The van der Waals surface area contributed by atoms with Crippen LogP contribution in [0.5, 0.6) is 0 Å². The molecule has 1 heterocycles. The molecule has 0 saturated heterocycles. The van der Waals surface area contributed by atoms with E-state index in [9.17, 15) is 19.5 Å². The Labute approximate surface area is 220 Å². The van der Waals surface area contributed by atoms with Crippen LogP contribution in [0, 0.1) is 11.3 Å². The van der Waals surface area contributed by atoms with Gasteiger partial charge in [-0.1, -0.05) is 72.7 Å². The summed E-state index contributed by atoms with van der Waals surface area (Å²) in [5, 5.41) is 19.5. The molecule has 204 valence electrons. The number of para-hydroxylation sites is 1. The third kappa shape index (κ3) is 6.80. The highest BCUT2D eigenvalue weighted by atomic mass is 16.4. The zero-order chi connectivity index (χ0) is 28.3. The Morgan fingerprint density at radius 2 is 1.54 bits per heavy atom. The maximum absolute atomic E-state index is 13.7. The van der Waals surface area contributed by atoms with Crippen molar-refractivity contribution >= 4 is 28.7 Å². The highest BCUT2D eigenvalue weighted by Crippen LogP contribution is 2.34. The topological polar surface area (TPSA) is 112 Å². The summed E-state index contributed by atoms with van der Waals surface area (Å²) in [7, 11) is 3.74. The Bertz CT molecular complexity index is 1170. The fourth-order valence-corrected chi connectivity index (χ4v) is 4.72. The summed E-state index contributed by atoms with van der Waals surface area (Å²) >= 11 is 0. The number of rotatable bonds is 10. The summed E-state index contributed by atoms with van der Waals surface area (Å²) in [5.41, 5.74) is 1.08. The van der Waals surface area contributed by atoms with Gasteiger partial charge in [0.25, 0.3) is 0 Å². The molecule has 0 aliphatic carbocycles. The number of carbonyl (C=O) groups excluding carboxylic acids is 2. The van der Waals surface area contributed by atoms with E-state index in [1.807, 2.05) is 67.6 Å². The predicted octanol–water partition coefficient (Wildman–Crippen LogP) is 3.75. The molecule has 0 radical (unpaired) electrons. The number of aliphatic carboxylic acids is 1. The highest BCUT2D eigenvalue weighted by Gasteiger charge is 2.41. The summed E-state index contributed by atoms with van der Waals surface area (Å²) in [6.45, 7) is 15.0. The molecule has 2 rings (SSSR count). The summed E-state index contributed by atoms with van der Waals surface area (Å²) < 4.78 is 2.06. The number of carboxylic acid groups (broad SMARTS) is 1. The van der Waals surface area contributed by atoms with Gasteiger partial charge in [0, 0.05) is 35.1 Å². The quantitative estimate of drug-likeness (QED) is 0.362. The molecular weight excluding hydrogens is 468 g/mol. The van der Waals surface area contributed by atoms with Gasteiger partial charge < -0.3 is 25.6 Å². The van der Waals surface area contributed by atoms with E-state index < -0.39 is 34.9 Å². The van der Waals surface area contributed by atoms with E-state index in [0.717, 1.165) is 16.5 Å². The van der Waals surface area contributed by atoms with Crippen molar-refractivity contribution in [3.8, 4) is 0 Å². The van der Waals surface area contributed by atoms with Crippen LogP contribution < -0.4 is 16.0 Å². The van der Waals surface area contributed by atoms with Gasteiger partial charge in [0.05, 0.1) is 12.1 Å². The van der Waals surface area contributed by atoms with Crippen molar-refractivity contribution in [3.63, 3.8) is 0 Å². The number of fused-ring (bicyclic) bond motifs is 1. The maximum atomic E-state index is 13.7. The molecule has 2 aromatic rings. The largest absolute Gasteiger partial charge is 0.478 e. The van der Waals surface area contributed by atoms with Gasteiger partial charge in [0.15, 0.2) is 0 Å². The summed E-state index contributed by atoms with van der Waals surface area (Å²) in [4.78, 5) is 38.5. The Hall–Kier alpha value is -3.13. The first-order valence-electron chi connectivity index (χ1n) is 12.8. The van der Waals surface area contributed by atoms with Gasteiger partial charge in [0.2, 0.25) is 11.8 Å². The number of hydrogen-bond acceptors (Lipinski definition) is 4. The fourth-order valence-electron chi connectivity index (χ4n) is 4.72. The Balaban J connectivity index is 2.37. The van der Waals surface area contributed by atoms with E-state index >= 15 is 0 Å². The van der Waals surface area contributed by atoms with Crippen molar-refractivity contribution in [2.45, 2.75) is 78.9 Å². The number of hydrogen-bond donors (Lipinski definition) is 4. The van der Waals surface area contributed by atoms with Gasteiger partial charge in [-0.3, -0.25) is 9.59 Å². The van der Waals surface area contributed by atoms with Gasteiger partial charge >= 0.3 is 5.97 Å². The highest BCUT2D eigenvalue weighted by molar-refractivity contribution is 5.93. The number of aromatic nitrogens is 1. The van der Waals surface area contributed by atoms with Crippen LogP contribution in [0.25, 0.3) is 10.9 Å². The summed E-state index contributed by atoms with van der Waals surface area (Å²) in [6, 6.07) is 6.14. The smallest absolute Gasteiger partial charge is 0.331 e. The monoisotopic (exact) mass is 512 g/mol. The van der Waals surface area contributed by atoms with Crippen LogP contribution in [-0.2, 0) is 26.8 Å². The molecule has 1 unspecified atom stereocenters. The number of benzene rings is 1. The molecule has 3 atom stereocenters. The van der Waals surface area contributed by atoms with E-state index in [4.69, 9.17) is 0 Å². The Kier molecular flexibility index (Phi) is 9.36. The number of nitrogens with one attached hydrogen (secondary N) is 3. The molecule has 1 aromatic carbocycles. The zero-order valence-corrected chi connectivity index (χ0v) is 23.9. The normalized spacial score (nSPS) is 15.4. The van der Waals surface area contributed by atoms with Gasteiger partial charge in [0.1, 0.15) is 6.04 Å². The fraction of sp³-hybridized carbons (Fsp3) is 0.552. The molecule has 0 bridgehead atoms. The summed E-state index contributed by atoms with van der Waals surface area (Å²) in [6.07, 6.45) is 3.60. The van der Waals surface area contributed by atoms with E-state index in [-0.39, 0.29) is 23.3 Å². The van der Waals surface area contributed by atoms with Crippen LogP contribution in [0.1, 0.15) is 61.0 Å². The van der Waals surface area contributed by atoms with Crippen LogP contribution in [0.3, 0.4) is 0 Å². The SMILES string of the molecule is CNC(C(=O)N[C@H](C(=O)N[C@H](C=C(C)C(=O)O)C(C)C)C(C)(C)C)C(C)(C)c1cn(C)c2ccccc12. The number of carboxylic acids is 1. The Morgan fingerprint density at radius 1 is 0.973 bits per heavy atom. The molecule has 8 heteroatoms. The first kappa shape index (κ1) is 30.1. The first-order chi connectivity index (χ1) is 17.0.